The standard InChI is InChI=1S/C42H73NO5/c1-3-5-7-9-11-13-15-16-17-18-19-20-22-24-26-28-33-37-42(47)48-39(35-31-29-32-36-40(44)43-38-41(45)46)34-30-27-25-23-21-14-12-10-8-6-4-2/h6,8,12,14,23,25,30,34,39H,3-5,7,9-11,13,15-22,24,26-29,31-33,35-38H2,1-2H3,(H,43,44)(H,45,46)/b8-6-,14-12-,25-23-,34-30-. The number of allylic oxidation sites excluding steroid dienone is 7. The molecular weight excluding hydrogens is 598 g/mol. The zero-order valence-corrected chi connectivity index (χ0v) is 31.1. The maximum atomic E-state index is 12.6. The van der Waals surface area contributed by atoms with Crippen LogP contribution < -0.4 is 5.32 Å². The molecule has 0 bridgehead atoms. The Bertz CT molecular complexity index is 875. The summed E-state index contributed by atoms with van der Waals surface area (Å²) in [6.07, 6.45) is 46.8. The van der Waals surface area contributed by atoms with Gasteiger partial charge in [-0.15, -0.1) is 0 Å². The van der Waals surface area contributed by atoms with Crippen LogP contribution in [-0.4, -0.2) is 35.6 Å². The molecule has 0 spiro atoms. The molecule has 6 heteroatoms. The first-order chi connectivity index (χ1) is 23.5. The molecule has 0 rings (SSSR count). The Balaban J connectivity index is 4.20. The summed E-state index contributed by atoms with van der Waals surface area (Å²) in [6.45, 7) is 4.07. The van der Waals surface area contributed by atoms with Crippen molar-refractivity contribution in [3.05, 3.63) is 48.6 Å². The van der Waals surface area contributed by atoms with Crippen LogP contribution in [0.1, 0.15) is 187 Å². The molecule has 0 aliphatic heterocycles. The zero-order chi connectivity index (χ0) is 35.2. The molecule has 0 saturated heterocycles. The number of carboxylic acid groups (broad SMARTS) is 1. The molecule has 6 nitrogen and oxygen atoms in total. The summed E-state index contributed by atoms with van der Waals surface area (Å²) in [5, 5.41) is 11.1. The van der Waals surface area contributed by atoms with E-state index in [4.69, 9.17) is 9.84 Å². The molecule has 1 amide bonds. The third kappa shape index (κ3) is 36.2. The van der Waals surface area contributed by atoms with E-state index in [2.05, 4.69) is 61.7 Å². The highest BCUT2D eigenvalue weighted by atomic mass is 16.5. The summed E-state index contributed by atoms with van der Waals surface area (Å²) in [6, 6.07) is 0. The smallest absolute Gasteiger partial charge is 0.322 e. The first-order valence-corrected chi connectivity index (χ1v) is 19.8. The number of carbonyl (C=O) groups is 3. The number of ether oxygens (including phenoxy) is 1. The second-order valence-corrected chi connectivity index (χ2v) is 13.2. The first-order valence-electron chi connectivity index (χ1n) is 19.8. The van der Waals surface area contributed by atoms with E-state index in [0.717, 1.165) is 57.8 Å². The summed E-state index contributed by atoms with van der Waals surface area (Å²) in [4.78, 5) is 35.0. The monoisotopic (exact) mass is 672 g/mol. The van der Waals surface area contributed by atoms with Crippen molar-refractivity contribution in [3.63, 3.8) is 0 Å². The van der Waals surface area contributed by atoms with E-state index in [1.54, 1.807) is 0 Å². The number of amides is 1. The number of esters is 1. The average Bonchev–Trinajstić information content (AvgIpc) is 3.07. The molecule has 0 fully saturated rings. The summed E-state index contributed by atoms with van der Waals surface area (Å²) in [5.74, 6) is -1.41. The minimum atomic E-state index is -1.04. The Hall–Kier alpha value is -2.63. The van der Waals surface area contributed by atoms with Crippen LogP contribution in [0.25, 0.3) is 0 Å². The topological polar surface area (TPSA) is 92.7 Å². The van der Waals surface area contributed by atoms with Crippen molar-refractivity contribution in [3.8, 4) is 0 Å². The fourth-order valence-corrected chi connectivity index (χ4v) is 5.60. The van der Waals surface area contributed by atoms with Crippen LogP contribution in [0.4, 0.5) is 0 Å². The van der Waals surface area contributed by atoms with Gasteiger partial charge in [-0.2, -0.15) is 0 Å². The fraction of sp³-hybridized carbons (Fsp3) is 0.738. The second kappa shape index (κ2) is 37.2. The number of aliphatic carboxylic acids is 1. The molecule has 0 aromatic heterocycles. The summed E-state index contributed by atoms with van der Waals surface area (Å²) in [5.41, 5.74) is 0. The lowest BCUT2D eigenvalue weighted by molar-refractivity contribution is -0.147. The minimum absolute atomic E-state index is 0.128. The van der Waals surface area contributed by atoms with Crippen LogP contribution in [-0.2, 0) is 19.1 Å². The fourth-order valence-electron chi connectivity index (χ4n) is 5.60. The highest BCUT2D eigenvalue weighted by Crippen LogP contribution is 2.16. The molecule has 0 aliphatic carbocycles. The molecule has 0 heterocycles. The lowest BCUT2D eigenvalue weighted by atomic mass is 10.0. The van der Waals surface area contributed by atoms with Crippen molar-refractivity contribution in [1.29, 1.82) is 0 Å². The molecule has 1 atom stereocenters. The van der Waals surface area contributed by atoms with Gasteiger partial charge in [0.15, 0.2) is 0 Å². The van der Waals surface area contributed by atoms with Crippen LogP contribution in [0.15, 0.2) is 48.6 Å². The molecule has 0 aromatic rings. The maximum absolute atomic E-state index is 12.6. The van der Waals surface area contributed by atoms with E-state index in [9.17, 15) is 14.4 Å². The molecule has 0 aliphatic rings. The Morgan fingerprint density at radius 3 is 1.50 bits per heavy atom. The van der Waals surface area contributed by atoms with Crippen molar-refractivity contribution in [1.82, 2.24) is 5.32 Å². The van der Waals surface area contributed by atoms with Gasteiger partial charge in [0.05, 0.1) is 0 Å². The van der Waals surface area contributed by atoms with Crippen LogP contribution in [0.2, 0.25) is 0 Å². The molecule has 1 unspecified atom stereocenters. The molecule has 2 N–H and O–H groups in total. The lowest BCUT2D eigenvalue weighted by Gasteiger charge is -2.14. The van der Waals surface area contributed by atoms with Crippen LogP contribution in [0, 0.1) is 0 Å². The average molecular weight is 672 g/mol. The van der Waals surface area contributed by atoms with E-state index in [1.807, 2.05) is 6.08 Å². The second-order valence-electron chi connectivity index (χ2n) is 13.2. The predicted octanol–water partition coefficient (Wildman–Crippen LogP) is 11.9. The van der Waals surface area contributed by atoms with Gasteiger partial charge in [0.25, 0.3) is 0 Å². The maximum Gasteiger partial charge on any atom is 0.322 e. The van der Waals surface area contributed by atoms with E-state index >= 15 is 0 Å². The van der Waals surface area contributed by atoms with Crippen molar-refractivity contribution in [2.24, 2.45) is 0 Å². The van der Waals surface area contributed by atoms with Crippen LogP contribution >= 0.6 is 0 Å². The van der Waals surface area contributed by atoms with E-state index in [0.29, 0.717) is 19.3 Å². The van der Waals surface area contributed by atoms with Crippen LogP contribution in [0.3, 0.4) is 0 Å². The number of hydrogen-bond donors (Lipinski definition) is 2. The van der Waals surface area contributed by atoms with Gasteiger partial charge in [-0.05, 0) is 57.4 Å². The van der Waals surface area contributed by atoms with E-state index < -0.39 is 5.97 Å². The molecular formula is C42H73NO5. The van der Waals surface area contributed by atoms with Gasteiger partial charge in [0, 0.05) is 12.8 Å². The minimum Gasteiger partial charge on any atom is -0.480 e. The van der Waals surface area contributed by atoms with Gasteiger partial charge in [-0.3, -0.25) is 14.4 Å². The molecule has 0 radical (unpaired) electrons. The van der Waals surface area contributed by atoms with Gasteiger partial charge in [0.1, 0.15) is 12.6 Å². The number of hydrogen-bond acceptors (Lipinski definition) is 4. The molecule has 276 valence electrons. The normalized spacial score (nSPS) is 12.5. The Morgan fingerprint density at radius 1 is 0.562 bits per heavy atom. The summed E-state index contributed by atoms with van der Waals surface area (Å²) < 4.78 is 5.85. The number of rotatable bonds is 35. The Morgan fingerprint density at radius 2 is 1.00 bits per heavy atom. The predicted molar refractivity (Wildman–Crippen MR) is 203 cm³/mol. The van der Waals surface area contributed by atoms with Crippen molar-refractivity contribution in [2.75, 3.05) is 6.54 Å². The zero-order valence-electron chi connectivity index (χ0n) is 31.1. The SMILES string of the molecule is CC/C=C\C/C=C\C/C=C\C/C=C\C(CCCCCC(=O)NCC(=O)O)OC(=O)CCCCCCCCCCCCCCCCCCC. The lowest BCUT2D eigenvalue weighted by Crippen LogP contribution is -2.28. The van der Waals surface area contributed by atoms with Gasteiger partial charge in [-0.1, -0.05) is 166 Å². The summed E-state index contributed by atoms with van der Waals surface area (Å²) in [7, 11) is 0. The highest BCUT2D eigenvalue weighted by molar-refractivity contribution is 5.80. The van der Waals surface area contributed by atoms with Gasteiger partial charge < -0.3 is 15.2 Å². The first kappa shape index (κ1) is 45.4. The van der Waals surface area contributed by atoms with Crippen molar-refractivity contribution in [2.45, 2.75) is 193 Å². The largest absolute Gasteiger partial charge is 0.480 e. The third-order valence-electron chi connectivity index (χ3n) is 8.50. The van der Waals surface area contributed by atoms with Gasteiger partial charge in [0.2, 0.25) is 5.91 Å². The Labute approximate surface area is 295 Å². The molecule has 0 saturated carbocycles. The van der Waals surface area contributed by atoms with E-state index in [-0.39, 0.29) is 24.5 Å². The quantitative estimate of drug-likeness (QED) is 0.0397. The highest BCUT2D eigenvalue weighted by Gasteiger charge is 2.12. The van der Waals surface area contributed by atoms with E-state index in [1.165, 1.54) is 96.3 Å². The number of unbranched alkanes of at least 4 members (excludes halogenated alkanes) is 18. The van der Waals surface area contributed by atoms with Crippen molar-refractivity contribution >= 4 is 17.8 Å². The van der Waals surface area contributed by atoms with Gasteiger partial charge >= 0.3 is 11.9 Å². The van der Waals surface area contributed by atoms with Crippen LogP contribution in [0.5, 0.6) is 0 Å². The number of nitrogens with one attached hydrogen (secondary N) is 1. The van der Waals surface area contributed by atoms with Gasteiger partial charge in [-0.25, -0.2) is 0 Å². The third-order valence-corrected chi connectivity index (χ3v) is 8.50. The molecule has 0 aromatic carbocycles. The number of carboxylic acids is 1. The Kier molecular flexibility index (Phi) is 35.2. The summed E-state index contributed by atoms with van der Waals surface area (Å²) >= 11 is 0. The molecule has 48 heavy (non-hydrogen) atoms. The number of carbonyl (C=O) groups excluding carboxylic acids is 2. The van der Waals surface area contributed by atoms with Crippen molar-refractivity contribution < 1.29 is 24.2 Å².